The van der Waals surface area contributed by atoms with E-state index in [0.717, 1.165) is 12.1 Å². The number of nitro benzene ring substituents is 2. The number of aryl methyl sites for hydroxylation is 2. The van der Waals surface area contributed by atoms with E-state index in [1.807, 2.05) is 0 Å². The molecule has 0 saturated heterocycles. The molecule has 2 aromatic heterocycles. The maximum atomic E-state index is 12.8. The van der Waals surface area contributed by atoms with Gasteiger partial charge < -0.3 is 5.32 Å². The van der Waals surface area contributed by atoms with Crippen molar-refractivity contribution < 1.29 is 23.0 Å². The molecule has 40 heavy (non-hydrogen) atoms. The maximum Gasteiger partial charge on any atom is 0.416 e. The third-order valence-corrected chi connectivity index (χ3v) is 6.31. The number of pyridine rings is 2. The van der Waals surface area contributed by atoms with Gasteiger partial charge in [-0.2, -0.15) is 13.2 Å². The third kappa shape index (κ3) is 5.76. The number of nitrogens with zero attached hydrogens (tertiary/aromatic N) is 4. The van der Waals surface area contributed by atoms with Crippen LogP contribution in [-0.4, -0.2) is 19.8 Å². The molecule has 0 bridgehead atoms. The van der Waals surface area contributed by atoms with Gasteiger partial charge in [-0.25, -0.2) is 9.97 Å². The summed E-state index contributed by atoms with van der Waals surface area (Å²) in [5, 5.41) is 27.2. The number of hydrogen-bond acceptors (Lipinski definition) is 7. The van der Waals surface area contributed by atoms with Crippen LogP contribution < -0.4 is 5.32 Å². The van der Waals surface area contributed by atoms with Crippen molar-refractivity contribution in [3.8, 4) is 0 Å². The number of rotatable bonds is 4. The van der Waals surface area contributed by atoms with Gasteiger partial charge in [0.2, 0.25) is 0 Å². The minimum atomic E-state index is -4.46. The van der Waals surface area contributed by atoms with Gasteiger partial charge in [0.25, 0.3) is 11.4 Å². The van der Waals surface area contributed by atoms with Gasteiger partial charge in [-0.05, 0) is 50.2 Å². The van der Waals surface area contributed by atoms with Crippen molar-refractivity contribution in [3.63, 3.8) is 0 Å². The summed E-state index contributed by atoms with van der Waals surface area (Å²) in [6, 6.07) is 14.4. The lowest BCUT2D eigenvalue weighted by Crippen LogP contribution is -2.05. The summed E-state index contributed by atoms with van der Waals surface area (Å²) in [7, 11) is 0. The molecule has 0 atom stereocenters. The van der Waals surface area contributed by atoms with Gasteiger partial charge in [0, 0.05) is 40.0 Å². The average molecular weight is 570 g/mol. The Labute approximate surface area is 229 Å². The van der Waals surface area contributed by atoms with Crippen molar-refractivity contribution in [2.75, 3.05) is 5.32 Å². The number of hydrogen-bond donors (Lipinski definition) is 1. The lowest BCUT2D eigenvalue weighted by Gasteiger charge is -2.12. The highest BCUT2D eigenvalue weighted by molar-refractivity contribution is 6.34. The Bertz CT molecular complexity index is 1780. The van der Waals surface area contributed by atoms with Crippen molar-refractivity contribution in [2.45, 2.75) is 20.0 Å². The molecule has 0 aliphatic heterocycles. The van der Waals surface area contributed by atoms with Gasteiger partial charge in [0.15, 0.2) is 0 Å². The van der Waals surface area contributed by atoms with Crippen LogP contribution in [0.4, 0.5) is 36.1 Å². The standard InChI is InChI=1S/C17H12F3N3O2.C10H7ClN2O2/c1-10-5-6-14-13(15(10)23(24)25)7-8-21-16(14)22-12-4-2-3-11(9-12)17(18,19)20;1-6-2-3-8-7(9(6)13(14)15)4-5-12-10(8)11/h2-9H,1H3,(H,21,22);2-5H,1H3. The highest BCUT2D eigenvalue weighted by atomic mass is 35.5. The molecule has 2 heterocycles. The van der Waals surface area contributed by atoms with E-state index in [0.29, 0.717) is 32.7 Å². The van der Waals surface area contributed by atoms with Crippen LogP contribution in [0.25, 0.3) is 21.5 Å². The lowest BCUT2D eigenvalue weighted by molar-refractivity contribution is -0.383. The van der Waals surface area contributed by atoms with Crippen molar-refractivity contribution in [3.05, 3.63) is 115 Å². The second-order valence-electron chi connectivity index (χ2n) is 8.63. The molecule has 0 radical (unpaired) electrons. The Morgan fingerprint density at radius 1 is 0.775 bits per heavy atom. The molecule has 0 aliphatic carbocycles. The molecule has 0 fully saturated rings. The highest BCUT2D eigenvalue weighted by Gasteiger charge is 2.30. The number of nitrogens with one attached hydrogen (secondary N) is 1. The molecule has 9 nitrogen and oxygen atoms in total. The first-order chi connectivity index (χ1) is 18.9. The van der Waals surface area contributed by atoms with Crippen LogP contribution in [0.5, 0.6) is 0 Å². The van der Waals surface area contributed by atoms with Crippen LogP contribution >= 0.6 is 11.6 Å². The quantitative estimate of drug-likeness (QED) is 0.131. The molecule has 5 aromatic rings. The number of alkyl halides is 3. The monoisotopic (exact) mass is 569 g/mol. The Kier molecular flexibility index (Phi) is 7.82. The zero-order valence-corrected chi connectivity index (χ0v) is 21.6. The molecule has 1 N–H and O–H groups in total. The van der Waals surface area contributed by atoms with Gasteiger partial charge >= 0.3 is 6.18 Å². The second-order valence-corrected chi connectivity index (χ2v) is 8.99. The van der Waals surface area contributed by atoms with Gasteiger partial charge in [0.05, 0.1) is 26.2 Å². The van der Waals surface area contributed by atoms with Gasteiger partial charge in [0.1, 0.15) is 11.0 Å². The van der Waals surface area contributed by atoms with Crippen molar-refractivity contribution in [2.24, 2.45) is 0 Å². The minimum Gasteiger partial charge on any atom is -0.340 e. The van der Waals surface area contributed by atoms with Crippen LogP contribution in [0.15, 0.2) is 73.1 Å². The topological polar surface area (TPSA) is 124 Å². The largest absolute Gasteiger partial charge is 0.416 e. The van der Waals surface area contributed by atoms with Crippen molar-refractivity contribution >= 4 is 56.0 Å². The summed E-state index contributed by atoms with van der Waals surface area (Å²) in [4.78, 5) is 29.3. The smallest absolute Gasteiger partial charge is 0.340 e. The Balaban J connectivity index is 0.000000210. The van der Waals surface area contributed by atoms with Crippen molar-refractivity contribution in [1.29, 1.82) is 0 Å². The van der Waals surface area contributed by atoms with E-state index in [9.17, 15) is 33.4 Å². The first-order valence-electron chi connectivity index (χ1n) is 11.5. The number of nitro groups is 2. The molecule has 5 rings (SSSR count). The SMILES string of the molecule is Cc1ccc2c(Cl)nccc2c1[N+](=O)[O-].Cc1ccc2c(Nc3cccc(C(F)(F)F)c3)nccc2c1[N+](=O)[O-]. The average Bonchev–Trinajstić information content (AvgIpc) is 2.88. The van der Waals surface area contributed by atoms with E-state index in [1.165, 1.54) is 30.6 Å². The summed E-state index contributed by atoms with van der Waals surface area (Å²) in [5.74, 6) is 0.250. The Morgan fingerprint density at radius 3 is 1.90 bits per heavy atom. The normalized spacial score (nSPS) is 11.2. The second kappa shape index (κ2) is 11.1. The summed E-state index contributed by atoms with van der Waals surface area (Å²) in [5.41, 5.74) is 0.560. The van der Waals surface area contributed by atoms with E-state index < -0.39 is 21.6 Å². The number of fused-ring (bicyclic) bond motifs is 2. The molecule has 0 spiro atoms. The zero-order chi connectivity index (χ0) is 29.2. The molecule has 0 amide bonds. The number of aromatic nitrogens is 2. The third-order valence-electron chi connectivity index (χ3n) is 6.01. The molecular formula is C27H19ClF3N5O4. The maximum absolute atomic E-state index is 12.8. The summed E-state index contributed by atoms with van der Waals surface area (Å²) < 4.78 is 38.5. The van der Waals surface area contributed by atoms with Crippen molar-refractivity contribution in [1.82, 2.24) is 9.97 Å². The summed E-state index contributed by atoms with van der Waals surface area (Å²) in [6.45, 7) is 3.32. The zero-order valence-electron chi connectivity index (χ0n) is 20.9. The predicted octanol–water partition coefficient (Wildman–Crippen LogP) is 8.32. The fourth-order valence-electron chi connectivity index (χ4n) is 4.15. The van der Waals surface area contributed by atoms with Crippen LogP contribution in [0.2, 0.25) is 5.15 Å². The number of anilines is 2. The molecule has 0 unspecified atom stereocenters. The van der Waals surface area contributed by atoms with Gasteiger partial charge in [-0.15, -0.1) is 0 Å². The highest BCUT2D eigenvalue weighted by Crippen LogP contribution is 2.35. The van der Waals surface area contributed by atoms with Crippen LogP contribution in [0.1, 0.15) is 16.7 Å². The molecular weight excluding hydrogens is 551 g/mol. The van der Waals surface area contributed by atoms with Crippen LogP contribution in [0, 0.1) is 34.1 Å². The van der Waals surface area contributed by atoms with E-state index in [1.54, 1.807) is 44.2 Å². The first-order valence-corrected chi connectivity index (χ1v) is 11.9. The fourth-order valence-corrected chi connectivity index (χ4v) is 4.38. The molecule has 3 aromatic carbocycles. The number of halogens is 4. The molecule has 204 valence electrons. The fraction of sp³-hybridized carbons (Fsp3) is 0.111. The van der Waals surface area contributed by atoms with Gasteiger partial charge in [-0.1, -0.05) is 35.9 Å². The molecule has 0 saturated carbocycles. The van der Waals surface area contributed by atoms with E-state index in [4.69, 9.17) is 11.6 Å². The number of benzene rings is 3. The van der Waals surface area contributed by atoms with E-state index in [2.05, 4.69) is 15.3 Å². The van der Waals surface area contributed by atoms with E-state index >= 15 is 0 Å². The van der Waals surface area contributed by atoms with Gasteiger partial charge in [-0.3, -0.25) is 20.2 Å². The Morgan fingerprint density at radius 2 is 1.32 bits per heavy atom. The minimum absolute atomic E-state index is 0.0491. The van der Waals surface area contributed by atoms with E-state index in [-0.39, 0.29) is 28.0 Å². The predicted molar refractivity (Wildman–Crippen MR) is 146 cm³/mol. The van der Waals surface area contributed by atoms with Crippen LogP contribution in [-0.2, 0) is 6.18 Å². The summed E-state index contributed by atoms with van der Waals surface area (Å²) >= 11 is 5.85. The molecule has 0 aliphatic rings. The summed E-state index contributed by atoms with van der Waals surface area (Å²) in [6.07, 6.45) is -1.61. The Hall–Kier alpha value is -4.84. The molecule has 13 heteroatoms. The van der Waals surface area contributed by atoms with Crippen LogP contribution in [0.3, 0.4) is 0 Å². The lowest BCUT2D eigenvalue weighted by atomic mass is 10.1. The first kappa shape index (κ1) is 28.2.